The van der Waals surface area contributed by atoms with E-state index >= 15 is 0 Å². The van der Waals surface area contributed by atoms with Crippen molar-refractivity contribution < 1.29 is 4.74 Å². The highest BCUT2D eigenvalue weighted by Crippen LogP contribution is 2.16. The highest BCUT2D eigenvalue weighted by molar-refractivity contribution is 6.30. The largest absolute Gasteiger partial charge is 0.492 e. The van der Waals surface area contributed by atoms with Gasteiger partial charge in [-0.25, -0.2) is 0 Å². The third-order valence-corrected chi connectivity index (χ3v) is 4.79. The fourth-order valence-electron chi connectivity index (χ4n) is 3.16. The Morgan fingerprint density at radius 2 is 2.16 bits per heavy atom. The normalized spacial score (nSPS) is 18.4. The zero-order chi connectivity index (χ0) is 18.1. The number of halogens is 1. The first-order valence-corrected chi connectivity index (χ1v) is 9.52. The minimum Gasteiger partial charge on any atom is -0.492 e. The molecule has 5 nitrogen and oxygen atoms in total. The van der Waals surface area contributed by atoms with Crippen LogP contribution in [0.25, 0.3) is 0 Å². The summed E-state index contributed by atoms with van der Waals surface area (Å²) in [6.45, 7) is 8.24. The van der Waals surface area contributed by atoms with Gasteiger partial charge in [-0.15, -0.1) is 0 Å². The summed E-state index contributed by atoms with van der Waals surface area (Å²) in [6, 6.07) is 7.45. The number of likely N-dealkylation sites (N-methyl/N-ethyl adjacent to an activating group) is 1. The molecule has 1 heterocycles. The second-order valence-corrected chi connectivity index (χ2v) is 7.04. The molecular formula is C19H31ClN4O. The van der Waals surface area contributed by atoms with Crippen LogP contribution in [-0.4, -0.2) is 69.2 Å². The Hall–Kier alpha value is -1.46. The van der Waals surface area contributed by atoms with Gasteiger partial charge in [0.2, 0.25) is 0 Å². The third kappa shape index (κ3) is 6.75. The van der Waals surface area contributed by atoms with Crippen LogP contribution >= 0.6 is 11.6 Å². The van der Waals surface area contributed by atoms with Crippen molar-refractivity contribution in [2.24, 2.45) is 10.9 Å². The maximum Gasteiger partial charge on any atom is 0.193 e. The van der Waals surface area contributed by atoms with E-state index in [1.54, 1.807) is 0 Å². The summed E-state index contributed by atoms with van der Waals surface area (Å²) in [5.41, 5.74) is 0. The van der Waals surface area contributed by atoms with Crippen LogP contribution in [0.15, 0.2) is 29.3 Å². The van der Waals surface area contributed by atoms with Gasteiger partial charge in [-0.1, -0.05) is 18.5 Å². The standard InChI is InChI=1S/C19H31ClN4O/c1-4-10-24-11-9-16(15-24)14-22-19(21-2)23(3)12-13-25-18-7-5-17(20)6-8-18/h5-8,16H,4,9-15H2,1-3H3,(H,21,22). The Labute approximate surface area is 157 Å². The van der Waals surface area contributed by atoms with Gasteiger partial charge >= 0.3 is 0 Å². The predicted molar refractivity (Wildman–Crippen MR) is 106 cm³/mol. The number of benzene rings is 1. The van der Waals surface area contributed by atoms with Gasteiger partial charge < -0.3 is 19.9 Å². The molecule has 1 aliphatic rings. The molecule has 140 valence electrons. The van der Waals surface area contributed by atoms with Crippen molar-refractivity contribution in [2.75, 3.05) is 53.4 Å². The quantitative estimate of drug-likeness (QED) is 0.567. The van der Waals surface area contributed by atoms with Gasteiger partial charge in [0, 0.05) is 32.2 Å². The first-order valence-electron chi connectivity index (χ1n) is 9.15. The maximum atomic E-state index is 5.88. The second-order valence-electron chi connectivity index (χ2n) is 6.61. The molecule has 1 atom stereocenters. The van der Waals surface area contributed by atoms with E-state index in [0.29, 0.717) is 12.5 Å². The van der Waals surface area contributed by atoms with E-state index in [1.807, 2.05) is 38.4 Å². The van der Waals surface area contributed by atoms with Crippen molar-refractivity contribution in [1.82, 2.24) is 15.1 Å². The first-order chi connectivity index (χ1) is 12.1. The molecule has 0 aromatic heterocycles. The topological polar surface area (TPSA) is 40.1 Å². The Morgan fingerprint density at radius 3 is 2.84 bits per heavy atom. The number of aliphatic imine (C=N–C) groups is 1. The lowest BCUT2D eigenvalue weighted by Gasteiger charge is -2.23. The van der Waals surface area contributed by atoms with Crippen molar-refractivity contribution in [2.45, 2.75) is 19.8 Å². The number of rotatable bonds is 8. The molecule has 0 spiro atoms. The Kier molecular flexibility index (Phi) is 8.35. The Balaban J connectivity index is 1.68. The Bertz CT molecular complexity index is 535. The lowest BCUT2D eigenvalue weighted by molar-refractivity contribution is 0.280. The molecule has 1 saturated heterocycles. The summed E-state index contributed by atoms with van der Waals surface area (Å²) in [5.74, 6) is 2.47. The van der Waals surface area contributed by atoms with E-state index in [1.165, 1.54) is 32.5 Å². The fourth-order valence-corrected chi connectivity index (χ4v) is 3.28. The van der Waals surface area contributed by atoms with Crippen LogP contribution in [0.4, 0.5) is 0 Å². The molecule has 1 aromatic rings. The number of nitrogens with zero attached hydrogens (tertiary/aromatic N) is 3. The van der Waals surface area contributed by atoms with E-state index in [-0.39, 0.29) is 0 Å². The Morgan fingerprint density at radius 1 is 1.40 bits per heavy atom. The van der Waals surface area contributed by atoms with Gasteiger partial charge in [0.25, 0.3) is 0 Å². The van der Waals surface area contributed by atoms with E-state index in [0.717, 1.165) is 29.8 Å². The van der Waals surface area contributed by atoms with E-state index in [4.69, 9.17) is 16.3 Å². The number of hydrogen-bond acceptors (Lipinski definition) is 3. The fraction of sp³-hybridized carbons (Fsp3) is 0.632. The zero-order valence-corrected chi connectivity index (χ0v) is 16.4. The molecule has 0 amide bonds. The number of hydrogen-bond donors (Lipinski definition) is 1. The SMILES string of the molecule is CCCN1CCC(CNC(=NC)N(C)CCOc2ccc(Cl)cc2)C1. The van der Waals surface area contributed by atoms with Crippen LogP contribution in [0.2, 0.25) is 5.02 Å². The highest BCUT2D eigenvalue weighted by Gasteiger charge is 2.22. The van der Waals surface area contributed by atoms with Crippen LogP contribution in [0, 0.1) is 5.92 Å². The van der Waals surface area contributed by atoms with Crippen LogP contribution in [0.1, 0.15) is 19.8 Å². The van der Waals surface area contributed by atoms with Crippen molar-refractivity contribution >= 4 is 17.6 Å². The molecule has 6 heteroatoms. The summed E-state index contributed by atoms with van der Waals surface area (Å²) < 4.78 is 5.76. The van der Waals surface area contributed by atoms with Crippen molar-refractivity contribution in [3.05, 3.63) is 29.3 Å². The van der Waals surface area contributed by atoms with Gasteiger partial charge in [-0.2, -0.15) is 0 Å². The molecule has 0 saturated carbocycles. The minimum atomic E-state index is 0.604. The maximum absolute atomic E-state index is 5.88. The zero-order valence-electron chi connectivity index (χ0n) is 15.7. The van der Waals surface area contributed by atoms with Gasteiger partial charge in [0.1, 0.15) is 12.4 Å². The summed E-state index contributed by atoms with van der Waals surface area (Å²) >= 11 is 5.88. The van der Waals surface area contributed by atoms with E-state index in [2.05, 4.69) is 27.0 Å². The summed E-state index contributed by atoms with van der Waals surface area (Å²) in [7, 11) is 3.87. The third-order valence-electron chi connectivity index (χ3n) is 4.54. The van der Waals surface area contributed by atoms with Gasteiger partial charge in [0.15, 0.2) is 5.96 Å². The van der Waals surface area contributed by atoms with Crippen LogP contribution in [0.3, 0.4) is 0 Å². The van der Waals surface area contributed by atoms with Gasteiger partial charge in [-0.05, 0) is 56.1 Å². The van der Waals surface area contributed by atoms with E-state index < -0.39 is 0 Å². The van der Waals surface area contributed by atoms with Crippen LogP contribution in [0.5, 0.6) is 5.75 Å². The average Bonchev–Trinajstić information content (AvgIpc) is 3.05. The average molecular weight is 367 g/mol. The van der Waals surface area contributed by atoms with Crippen LogP contribution < -0.4 is 10.1 Å². The molecule has 1 aliphatic heterocycles. The first kappa shape index (κ1) is 19.9. The smallest absolute Gasteiger partial charge is 0.193 e. The number of likely N-dealkylation sites (tertiary alicyclic amines) is 1. The van der Waals surface area contributed by atoms with Crippen LogP contribution in [-0.2, 0) is 0 Å². The summed E-state index contributed by atoms with van der Waals surface area (Å²) in [5, 5.41) is 4.23. The molecular weight excluding hydrogens is 336 g/mol. The molecule has 1 aromatic carbocycles. The molecule has 0 radical (unpaired) electrons. The molecule has 0 aliphatic carbocycles. The highest BCUT2D eigenvalue weighted by atomic mass is 35.5. The number of nitrogens with one attached hydrogen (secondary N) is 1. The van der Waals surface area contributed by atoms with Gasteiger partial charge in [-0.3, -0.25) is 4.99 Å². The molecule has 2 rings (SSSR count). The van der Waals surface area contributed by atoms with E-state index in [9.17, 15) is 0 Å². The van der Waals surface area contributed by atoms with Crippen molar-refractivity contribution in [3.63, 3.8) is 0 Å². The lowest BCUT2D eigenvalue weighted by atomic mass is 10.1. The number of guanidine groups is 1. The molecule has 0 bridgehead atoms. The number of ether oxygens (including phenoxy) is 1. The monoisotopic (exact) mass is 366 g/mol. The summed E-state index contributed by atoms with van der Waals surface area (Å²) in [4.78, 5) is 9.05. The molecule has 1 N–H and O–H groups in total. The molecule has 25 heavy (non-hydrogen) atoms. The van der Waals surface area contributed by atoms with Crippen molar-refractivity contribution in [1.29, 1.82) is 0 Å². The van der Waals surface area contributed by atoms with Gasteiger partial charge in [0.05, 0.1) is 6.54 Å². The lowest BCUT2D eigenvalue weighted by Crippen LogP contribution is -2.43. The van der Waals surface area contributed by atoms with Crippen molar-refractivity contribution in [3.8, 4) is 5.75 Å². The molecule has 1 fully saturated rings. The summed E-state index contributed by atoms with van der Waals surface area (Å²) in [6.07, 6.45) is 2.51. The predicted octanol–water partition coefficient (Wildman–Crippen LogP) is 2.96. The molecule has 1 unspecified atom stereocenters. The minimum absolute atomic E-state index is 0.604. The second kappa shape index (κ2) is 10.5.